The molecule has 9 heteroatoms. The Morgan fingerprint density at radius 3 is 2.68 bits per heavy atom. The standard InChI is InChI=1S/C19H16FN3O5/c1-2-28-19(27)12-5-3-4-6-13(12)21-16(24)10-23-15-8-7-11(20)9-14(15)22-17(25)18(23)26/h3-9H,2,10H2,1H3,(H,21,24)(H,22,25). The summed E-state index contributed by atoms with van der Waals surface area (Å²) < 4.78 is 19.3. The van der Waals surface area contributed by atoms with Crippen molar-refractivity contribution < 1.29 is 18.7 Å². The smallest absolute Gasteiger partial charge is 0.340 e. The van der Waals surface area contributed by atoms with Gasteiger partial charge in [0, 0.05) is 0 Å². The Hall–Kier alpha value is -3.75. The summed E-state index contributed by atoms with van der Waals surface area (Å²) in [4.78, 5) is 50.8. The van der Waals surface area contributed by atoms with Crippen LogP contribution in [0.4, 0.5) is 10.1 Å². The van der Waals surface area contributed by atoms with Gasteiger partial charge < -0.3 is 15.0 Å². The van der Waals surface area contributed by atoms with Gasteiger partial charge in [-0.2, -0.15) is 0 Å². The Labute approximate surface area is 157 Å². The molecule has 28 heavy (non-hydrogen) atoms. The van der Waals surface area contributed by atoms with E-state index in [2.05, 4.69) is 10.3 Å². The summed E-state index contributed by atoms with van der Waals surface area (Å²) in [6, 6.07) is 9.71. The molecule has 8 nitrogen and oxygen atoms in total. The molecule has 144 valence electrons. The third-order valence-corrected chi connectivity index (χ3v) is 3.94. The Kier molecular flexibility index (Phi) is 5.35. The number of nitrogens with one attached hydrogen (secondary N) is 2. The zero-order valence-corrected chi connectivity index (χ0v) is 14.8. The number of aromatic amines is 1. The average molecular weight is 385 g/mol. The molecule has 0 aliphatic heterocycles. The Morgan fingerprint density at radius 2 is 1.93 bits per heavy atom. The number of ether oxygens (including phenoxy) is 1. The van der Waals surface area contributed by atoms with Crippen molar-refractivity contribution in [2.75, 3.05) is 11.9 Å². The third-order valence-electron chi connectivity index (χ3n) is 3.94. The van der Waals surface area contributed by atoms with E-state index in [-0.39, 0.29) is 28.9 Å². The summed E-state index contributed by atoms with van der Waals surface area (Å²) in [6.45, 7) is 1.33. The first-order valence-corrected chi connectivity index (χ1v) is 8.39. The molecule has 0 saturated heterocycles. The number of halogens is 1. The summed E-state index contributed by atoms with van der Waals surface area (Å²) in [5.74, 6) is -1.84. The molecule has 3 aromatic rings. The fourth-order valence-electron chi connectivity index (χ4n) is 2.72. The zero-order chi connectivity index (χ0) is 20.3. The van der Waals surface area contributed by atoms with Crippen LogP contribution in [-0.2, 0) is 16.1 Å². The number of hydrogen-bond acceptors (Lipinski definition) is 5. The molecule has 0 saturated carbocycles. The summed E-state index contributed by atoms with van der Waals surface area (Å²) in [5.41, 5.74) is -1.28. The first-order valence-electron chi connectivity index (χ1n) is 8.39. The predicted molar refractivity (Wildman–Crippen MR) is 99.8 cm³/mol. The van der Waals surface area contributed by atoms with Crippen molar-refractivity contribution in [2.24, 2.45) is 0 Å². The number of benzene rings is 2. The van der Waals surface area contributed by atoms with Crippen molar-refractivity contribution in [3.8, 4) is 0 Å². The van der Waals surface area contributed by atoms with Crippen LogP contribution in [0.3, 0.4) is 0 Å². The Balaban J connectivity index is 1.93. The van der Waals surface area contributed by atoms with Gasteiger partial charge in [0.2, 0.25) is 5.91 Å². The van der Waals surface area contributed by atoms with Crippen molar-refractivity contribution in [1.29, 1.82) is 0 Å². The SMILES string of the molecule is CCOC(=O)c1ccccc1NC(=O)Cn1c(=O)c(=O)[nH]c2cc(F)ccc21. The van der Waals surface area contributed by atoms with E-state index < -0.39 is 35.4 Å². The minimum Gasteiger partial charge on any atom is -0.462 e. The monoisotopic (exact) mass is 385 g/mol. The average Bonchev–Trinajstić information content (AvgIpc) is 2.66. The van der Waals surface area contributed by atoms with E-state index >= 15 is 0 Å². The van der Waals surface area contributed by atoms with E-state index in [0.717, 1.165) is 16.7 Å². The lowest BCUT2D eigenvalue weighted by molar-refractivity contribution is -0.116. The number of nitrogens with zero attached hydrogens (tertiary/aromatic N) is 1. The second kappa shape index (κ2) is 7.87. The first kappa shape index (κ1) is 19.0. The lowest BCUT2D eigenvalue weighted by Gasteiger charge is -2.12. The molecular weight excluding hydrogens is 369 g/mol. The van der Waals surface area contributed by atoms with Crippen molar-refractivity contribution in [3.63, 3.8) is 0 Å². The van der Waals surface area contributed by atoms with Gasteiger partial charge in [0.1, 0.15) is 12.4 Å². The summed E-state index contributed by atoms with van der Waals surface area (Å²) in [6.07, 6.45) is 0. The van der Waals surface area contributed by atoms with Crippen LogP contribution in [0.5, 0.6) is 0 Å². The second-order valence-corrected chi connectivity index (χ2v) is 5.82. The predicted octanol–water partition coefficient (Wildman–Crippen LogP) is 1.64. The highest BCUT2D eigenvalue weighted by Gasteiger charge is 2.16. The minimum atomic E-state index is -0.974. The van der Waals surface area contributed by atoms with Gasteiger partial charge in [-0.05, 0) is 37.3 Å². The minimum absolute atomic E-state index is 0.0873. The second-order valence-electron chi connectivity index (χ2n) is 5.82. The number of esters is 1. The number of carbonyl (C=O) groups is 2. The molecule has 0 bridgehead atoms. The highest BCUT2D eigenvalue weighted by molar-refractivity contribution is 6.01. The van der Waals surface area contributed by atoms with Gasteiger partial charge in [0.15, 0.2) is 0 Å². The quantitative estimate of drug-likeness (QED) is 0.513. The number of carbonyl (C=O) groups excluding carboxylic acids is 2. The van der Waals surface area contributed by atoms with E-state index in [1.807, 2.05) is 0 Å². The Morgan fingerprint density at radius 1 is 1.18 bits per heavy atom. The van der Waals surface area contributed by atoms with Crippen LogP contribution in [0.15, 0.2) is 52.1 Å². The number of H-pyrrole nitrogens is 1. The summed E-state index contributed by atoms with van der Waals surface area (Å²) >= 11 is 0. The van der Waals surface area contributed by atoms with Crippen LogP contribution in [-0.4, -0.2) is 28.0 Å². The number of amides is 1. The van der Waals surface area contributed by atoms with Crippen molar-refractivity contribution >= 4 is 28.6 Å². The van der Waals surface area contributed by atoms with Gasteiger partial charge in [-0.15, -0.1) is 0 Å². The molecule has 0 fully saturated rings. The van der Waals surface area contributed by atoms with E-state index in [1.54, 1.807) is 19.1 Å². The number of hydrogen-bond donors (Lipinski definition) is 2. The van der Waals surface area contributed by atoms with Crippen LogP contribution in [0, 0.1) is 5.82 Å². The maximum absolute atomic E-state index is 13.4. The van der Waals surface area contributed by atoms with Crippen LogP contribution < -0.4 is 16.4 Å². The van der Waals surface area contributed by atoms with E-state index in [1.165, 1.54) is 18.2 Å². The highest BCUT2D eigenvalue weighted by Crippen LogP contribution is 2.17. The van der Waals surface area contributed by atoms with Gasteiger partial charge in [0.25, 0.3) is 0 Å². The molecule has 1 heterocycles. The van der Waals surface area contributed by atoms with Crippen molar-refractivity contribution in [1.82, 2.24) is 9.55 Å². The lowest BCUT2D eigenvalue weighted by atomic mass is 10.2. The van der Waals surface area contributed by atoms with Gasteiger partial charge >= 0.3 is 17.1 Å². The first-order chi connectivity index (χ1) is 13.4. The van der Waals surface area contributed by atoms with Crippen molar-refractivity contribution in [3.05, 3.63) is 74.6 Å². The molecule has 0 unspecified atom stereocenters. The van der Waals surface area contributed by atoms with Gasteiger partial charge in [-0.1, -0.05) is 12.1 Å². The number of aromatic nitrogens is 2. The van der Waals surface area contributed by atoms with E-state index in [0.29, 0.717) is 0 Å². The molecule has 0 spiro atoms. The van der Waals surface area contributed by atoms with Gasteiger partial charge in [-0.25, -0.2) is 9.18 Å². The van der Waals surface area contributed by atoms with Crippen LogP contribution in [0.2, 0.25) is 0 Å². The molecule has 3 rings (SSSR count). The highest BCUT2D eigenvalue weighted by atomic mass is 19.1. The molecule has 1 aromatic heterocycles. The van der Waals surface area contributed by atoms with Crippen LogP contribution in [0.25, 0.3) is 11.0 Å². The topological polar surface area (TPSA) is 110 Å². The maximum Gasteiger partial charge on any atom is 0.340 e. The molecule has 0 aliphatic rings. The number of rotatable bonds is 5. The normalized spacial score (nSPS) is 10.6. The van der Waals surface area contributed by atoms with E-state index in [4.69, 9.17) is 4.74 Å². The van der Waals surface area contributed by atoms with Crippen LogP contribution in [0.1, 0.15) is 17.3 Å². The molecule has 0 aliphatic carbocycles. The number of anilines is 1. The lowest BCUT2D eigenvalue weighted by Crippen LogP contribution is -2.39. The fourth-order valence-corrected chi connectivity index (χ4v) is 2.72. The molecule has 0 radical (unpaired) electrons. The largest absolute Gasteiger partial charge is 0.462 e. The molecule has 1 amide bonds. The van der Waals surface area contributed by atoms with Crippen LogP contribution >= 0.6 is 0 Å². The molecule has 2 aromatic carbocycles. The Bertz CT molecular complexity index is 1180. The zero-order valence-electron chi connectivity index (χ0n) is 14.8. The van der Waals surface area contributed by atoms with E-state index in [9.17, 15) is 23.6 Å². The van der Waals surface area contributed by atoms with Gasteiger partial charge in [0.05, 0.1) is 28.9 Å². The molecular formula is C19H16FN3O5. The molecule has 0 atom stereocenters. The number of para-hydroxylation sites is 1. The maximum atomic E-state index is 13.4. The summed E-state index contributed by atoms with van der Waals surface area (Å²) in [5, 5.41) is 2.54. The van der Waals surface area contributed by atoms with Crippen molar-refractivity contribution in [2.45, 2.75) is 13.5 Å². The van der Waals surface area contributed by atoms with Gasteiger partial charge in [-0.3, -0.25) is 19.0 Å². The summed E-state index contributed by atoms with van der Waals surface area (Å²) in [7, 11) is 0. The number of fused-ring (bicyclic) bond motifs is 1. The third kappa shape index (κ3) is 3.83. The fraction of sp³-hybridized carbons (Fsp3) is 0.158. The molecule has 2 N–H and O–H groups in total.